The second-order valence-corrected chi connectivity index (χ2v) is 17.2. The lowest BCUT2D eigenvalue weighted by molar-refractivity contribution is -0.0585. The highest BCUT2D eigenvalue weighted by molar-refractivity contribution is 7.91. The topological polar surface area (TPSA) is 91.3 Å². The van der Waals surface area contributed by atoms with Crippen LogP contribution in [0.5, 0.6) is 0 Å². The van der Waals surface area contributed by atoms with Gasteiger partial charge in [0, 0.05) is 24.1 Å². The highest BCUT2D eigenvalue weighted by atomic mass is 35.5. The number of hydrogen-bond acceptors (Lipinski definition) is 7. The van der Waals surface area contributed by atoms with Crippen molar-refractivity contribution in [1.29, 1.82) is 0 Å². The Labute approximate surface area is 289 Å². The molecule has 1 aromatic rings. The molecule has 4 rings (SSSR count). The van der Waals surface area contributed by atoms with Gasteiger partial charge >= 0.3 is 0 Å². The number of aryl methyl sites for hydroxylation is 1. The molecule has 1 N–H and O–H groups in total. The van der Waals surface area contributed by atoms with Gasteiger partial charge in [-0.2, -0.15) is 0 Å². The monoisotopic (exact) mass is 694 g/mol. The van der Waals surface area contributed by atoms with Gasteiger partial charge in [-0.3, -0.25) is 0 Å². The van der Waals surface area contributed by atoms with Crippen molar-refractivity contribution in [3.63, 3.8) is 0 Å². The molecule has 0 aliphatic carbocycles. The fourth-order valence-corrected chi connectivity index (χ4v) is 9.47. The summed E-state index contributed by atoms with van der Waals surface area (Å²) >= 11 is 6.84. The van der Waals surface area contributed by atoms with E-state index >= 15 is 0 Å². The molecule has 0 spiro atoms. The minimum absolute atomic E-state index is 0.00503. The Morgan fingerprint density at radius 3 is 2.38 bits per heavy atom. The molecular formula is C38H59ClO7S. The predicted octanol–water partition coefficient (Wildman–Crippen LogP) is 7.81. The molecule has 0 saturated carbocycles. The molecule has 7 nitrogen and oxygen atoms in total. The normalized spacial score (nSPS) is 29.6. The van der Waals surface area contributed by atoms with Crippen molar-refractivity contribution >= 4 is 21.4 Å². The van der Waals surface area contributed by atoms with Gasteiger partial charge in [-0.15, -0.1) is 11.6 Å². The first kappa shape index (κ1) is 38.5. The van der Waals surface area contributed by atoms with Crippen LogP contribution in [0.1, 0.15) is 91.0 Å². The van der Waals surface area contributed by atoms with Gasteiger partial charge in [0.1, 0.15) is 0 Å². The van der Waals surface area contributed by atoms with E-state index in [2.05, 4.69) is 40.9 Å². The highest BCUT2D eigenvalue weighted by Gasteiger charge is 2.45. The van der Waals surface area contributed by atoms with Gasteiger partial charge in [-0.25, -0.2) is 8.42 Å². The van der Waals surface area contributed by atoms with Crippen molar-refractivity contribution in [3.8, 4) is 0 Å². The number of benzene rings is 1. The first-order valence-electron chi connectivity index (χ1n) is 17.8. The summed E-state index contributed by atoms with van der Waals surface area (Å²) < 4.78 is 51.0. The largest absolute Gasteiger partial charge is 0.389 e. The number of sulfone groups is 1. The smallest absolute Gasteiger partial charge is 0.178 e. The molecule has 0 bridgehead atoms. The first-order chi connectivity index (χ1) is 22.3. The lowest BCUT2D eigenvalue weighted by Crippen LogP contribution is -2.32. The molecule has 3 aliphatic rings. The molecule has 3 aliphatic heterocycles. The van der Waals surface area contributed by atoms with E-state index in [-0.39, 0.29) is 59.6 Å². The third kappa shape index (κ3) is 10.9. The van der Waals surface area contributed by atoms with Gasteiger partial charge < -0.3 is 24.1 Å². The molecule has 3 saturated heterocycles. The number of rotatable bonds is 18. The minimum Gasteiger partial charge on any atom is -0.389 e. The fraction of sp³-hybridized carbons (Fsp3) is 0.737. The molecule has 47 heavy (non-hydrogen) atoms. The summed E-state index contributed by atoms with van der Waals surface area (Å²) in [5.41, 5.74) is 2.86. The third-order valence-electron chi connectivity index (χ3n) is 10.8. The lowest BCUT2D eigenvalue weighted by atomic mass is 9.83. The van der Waals surface area contributed by atoms with Gasteiger partial charge in [-0.05, 0) is 86.5 Å². The molecule has 0 aromatic heterocycles. The molecule has 0 amide bonds. The van der Waals surface area contributed by atoms with Crippen LogP contribution in [0.4, 0.5) is 0 Å². The van der Waals surface area contributed by atoms with E-state index in [1.807, 2.05) is 19.1 Å². The Kier molecular flexibility index (Phi) is 14.4. The molecule has 10 atom stereocenters. The summed E-state index contributed by atoms with van der Waals surface area (Å²) in [6, 6.07) is 7.04. The molecule has 3 heterocycles. The Morgan fingerprint density at radius 2 is 1.72 bits per heavy atom. The van der Waals surface area contributed by atoms with Gasteiger partial charge in [0.25, 0.3) is 0 Å². The third-order valence-corrected chi connectivity index (χ3v) is 13.0. The molecule has 0 unspecified atom stereocenters. The maximum Gasteiger partial charge on any atom is 0.178 e. The van der Waals surface area contributed by atoms with Gasteiger partial charge in [0.2, 0.25) is 0 Å². The summed E-state index contributed by atoms with van der Waals surface area (Å²) in [4.78, 5) is 0.335. The van der Waals surface area contributed by atoms with Crippen LogP contribution in [0.2, 0.25) is 0 Å². The van der Waals surface area contributed by atoms with Crippen LogP contribution in [0, 0.1) is 30.6 Å². The van der Waals surface area contributed by atoms with Crippen LogP contribution in [0.15, 0.2) is 53.5 Å². The summed E-state index contributed by atoms with van der Waals surface area (Å²) in [7, 11) is -3.53. The zero-order valence-corrected chi connectivity index (χ0v) is 30.8. The van der Waals surface area contributed by atoms with Crippen molar-refractivity contribution in [1.82, 2.24) is 0 Å². The maximum absolute atomic E-state index is 13.5. The molecule has 1 aromatic carbocycles. The van der Waals surface area contributed by atoms with E-state index in [4.69, 9.17) is 30.5 Å². The highest BCUT2D eigenvalue weighted by Crippen LogP contribution is 2.41. The summed E-state index contributed by atoms with van der Waals surface area (Å²) in [5.74, 6) is 0.277. The predicted molar refractivity (Wildman–Crippen MR) is 188 cm³/mol. The number of hydrogen-bond donors (Lipinski definition) is 1. The van der Waals surface area contributed by atoms with Crippen molar-refractivity contribution in [2.24, 2.45) is 23.7 Å². The van der Waals surface area contributed by atoms with Crippen molar-refractivity contribution < 1.29 is 32.5 Å². The molecular weight excluding hydrogens is 636 g/mol. The SMILES string of the molecule is C=C1C[C@H](CCC2OCCO2)O[C@H]1CC[C@H](Cl)C[C@H](C)C(=C)[C@@H](O)C[C@@H]1O[C@H](C[C@H](C)CC)[C@@H](C)[C@H]1CS(=O)(=O)c1ccc(C)cc1. The van der Waals surface area contributed by atoms with E-state index in [9.17, 15) is 13.5 Å². The zero-order valence-electron chi connectivity index (χ0n) is 29.2. The lowest BCUT2D eigenvalue weighted by Gasteiger charge is -2.27. The van der Waals surface area contributed by atoms with Crippen molar-refractivity contribution in [3.05, 3.63) is 54.1 Å². The summed E-state index contributed by atoms with van der Waals surface area (Å²) in [5, 5.41) is 11.3. The number of halogens is 1. The van der Waals surface area contributed by atoms with E-state index in [0.717, 1.165) is 61.7 Å². The minimum atomic E-state index is -3.53. The van der Waals surface area contributed by atoms with E-state index < -0.39 is 15.9 Å². The number of ether oxygens (including phenoxy) is 4. The fourth-order valence-electron chi connectivity index (χ4n) is 7.31. The Morgan fingerprint density at radius 1 is 1.04 bits per heavy atom. The number of alkyl halides is 1. The Bertz CT molecular complexity index is 1260. The van der Waals surface area contributed by atoms with Crippen LogP contribution in [-0.2, 0) is 28.8 Å². The number of aliphatic hydroxyl groups excluding tert-OH is 1. The second kappa shape index (κ2) is 17.6. The van der Waals surface area contributed by atoms with Crippen LogP contribution >= 0.6 is 11.6 Å². The van der Waals surface area contributed by atoms with Crippen molar-refractivity contribution in [2.45, 2.75) is 139 Å². The van der Waals surface area contributed by atoms with E-state index in [1.165, 1.54) is 0 Å². The maximum atomic E-state index is 13.5. The van der Waals surface area contributed by atoms with Gasteiger partial charge in [0.15, 0.2) is 16.1 Å². The number of aliphatic hydroxyl groups is 1. The quantitative estimate of drug-likeness (QED) is 0.124. The summed E-state index contributed by atoms with van der Waals surface area (Å²) in [6.45, 7) is 20.3. The van der Waals surface area contributed by atoms with Crippen LogP contribution in [-0.4, -0.2) is 74.7 Å². The summed E-state index contributed by atoms with van der Waals surface area (Å²) in [6.07, 6.45) is 5.87. The average molecular weight is 695 g/mol. The van der Waals surface area contributed by atoms with Gasteiger partial charge in [0.05, 0.1) is 54.4 Å². The zero-order chi connectivity index (χ0) is 34.3. The first-order valence-corrected chi connectivity index (χ1v) is 19.9. The second-order valence-electron chi connectivity index (χ2n) is 14.6. The van der Waals surface area contributed by atoms with Crippen LogP contribution in [0.25, 0.3) is 0 Å². The Hall–Kier alpha value is -1.26. The Balaban J connectivity index is 1.29. The van der Waals surface area contributed by atoms with Gasteiger partial charge in [-0.1, -0.05) is 65.0 Å². The molecule has 266 valence electrons. The van der Waals surface area contributed by atoms with E-state index in [1.54, 1.807) is 12.1 Å². The van der Waals surface area contributed by atoms with Crippen molar-refractivity contribution in [2.75, 3.05) is 19.0 Å². The standard InChI is InChI=1S/C38H59ClO7S/c1-8-24(2)19-36-29(7)33(23-47(41,42)32-13-9-25(3)10-14-32)37(46-36)22-34(40)28(6)26(4)20-30(39)11-15-35-27(5)21-31(45-35)12-16-38-43-17-18-44-38/h9-10,13-14,24,26,29-31,33-38,40H,5-6,8,11-12,15-23H2,1-4,7H3/t24-,26+,29+,30+,31+,33-,34+,35+,36-,37+/m1/s1. The van der Waals surface area contributed by atoms with E-state index in [0.29, 0.717) is 36.9 Å². The molecule has 9 heteroatoms. The molecule has 3 fully saturated rings. The average Bonchev–Trinajstić information content (AvgIpc) is 3.75. The molecule has 0 radical (unpaired) electrons. The van der Waals surface area contributed by atoms with Crippen LogP contribution < -0.4 is 0 Å². The van der Waals surface area contributed by atoms with Crippen LogP contribution in [0.3, 0.4) is 0 Å².